The Bertz CT molecular complexity index is 290. The molecule has 2 rings (SSSR count). The van der Waals surface area contributed by atoms with Crippen LogP contribution in [0.1, 0.15) is 92.4 Å². The van der Waals surface area contributed by atoms with Crippen LogP contribution in [0.3, 0.4) is 0 Å². The van der Waals surface area contributed by atoms with Crippen LogP contribution < -0.4 is 0 Å². The summed E-state index contributed by atoms with van der Waals surface area (Å²) in [5.41, 5.74) is 0.570. The van der Waals surface area contributed by atoms with E-state index in [0.717, 1.165) is 29.6 Å². The van der Waals surface area contributed by atoms with Crippen LogP contribution in [0.4, 0.5) is 0 Å². The zero-order valence-corrected chi connectivity index (χ0v) is 14.8. The standard InChI is InChI=1S/C20H38/c1-6-8-18-16(7-2)11-12-17-10-9-15(3)20(4,5)14-13-19(17)18/h15-19H,6-14H2,1-5H3. The summed E-state index contributed by atoms with van der Waals surface area (Å²) < 4.78 is 0. The van der Waals surface area contributed by atoms with Gasteiger partial charge in [0.15, 0.2) is 0 Å². The fourth-order valence-corrected chi connectivity index (χ4v) is 5.29. The Kier molecular flexibility index (Phi) is 5.60. The van der Waals surface area contributed by atoms with Gasteiger partial charge in [-0.3, -0.25) is 0 Å². The molecule has 0 aromatic heterocycles. The lowest BCUT2D eigenvalue weighted by molar-refractivity contribution is 0.0281. The maximum absolute atomic E-state index is 2.52. The summed E-state index contributed by atoms with van der Waals surface area (Å²) in [6.45, 7) is 12.4. The van der Waals surface area contributed by atoms with Gasteiger partial charge < -0.3 is 0 Å². The lowest BCUT2D eigenvalue weighted by Gasteiger charge is -2.47. The summed E-state index contributed by atoms with van der Waals surface area (Å²) in [7, 11) is 0. The minimum atomic E-state index is 0.570. The van der Waals surface area contributed by atoms with Gasteiger partial charge in [-0.25, -0.2) is 0 Å². The van der Waals surface area contributed by atoms with Gasteiger partial charge in [-0.2, -0.15) is 0 Å². The normalized spacial score (nSPS) is 41.5. The summed E-state index contributed by atoms with van der Waals surface area (Å²) >= 11 is 0. The van der Waals surface area contributed by atoms with Gasteiger partial charge in [-0.1, -0.05) is 53.9 Å². The first-order chi connectivity index (χ1) is 9.49. The summed E-state index contributed by atoms with van der Waals surface area (Å²) in [4.78, 5) is 0. The van der Waals surface area contributed by atoms with Crippen LogP contribution >= 0.6 is 0 Å². The largest absolute Gasteiger partial charge is 0.0654 e. The summed E-state index contributed by atoms with van der Waals surface area (Å²) in [5.74, 6) is 5.12. The van der Waals surface area contributed by atoms with Crippen LogP contribution in [0.5, 0.6) is 0 Å². The highest BCUT2D eigenvalue weighted by atomic mass is 14.5. The van der Waals surface area contributed by atoms with E-state index in [4.69, 9.17) is 0 Å². The van der Waals surface area contributed by atoms with Crippen molar-refractivity contribution in [2.24, 2.45) is 35.0 Å². The summed E-state index contributed by atoms with van der Waals surface area (Å²) in [6.07, 6.45) is 13.4. The Morgan fingerprint density at radius 3 is 2.30 bits per heavy atom. The maximum Gasteiger partial charge on any atom is -0.0328 e. The molecule has 0 spiro atoms. The molecule has 2 saturated carbocycles. The predicted molar refractivity (Wildman–Crippen MR) is 89.8 cm³/mol. The first-order valence-corrected chi connectivity index (χ1v) is 9.49. The molecule has 0 aromatic carbocycles. The van der Waals surface area contributed by atoms with Crippen molar-refractivity contribution in [1.29, 1.82) is 0 Å². The van der Waals surface area contributed by atoms with Crippen molar-refractivity contribution in [2.45, 2.75) is 92.4 Å². The number of hydrogen-bond donors (Lipinski definition) is 0. The van der Waals surface area contributed by atoms with E-state index in [9.17, 15) is 0 Å². The topological polar surface area (TPSA) is 0 Å². The zero-order chi connectivity index (χ0) is 14.8. The van der Waals surface area contributed by atoms with E-state index in [1.165, 1.54) is 57.8 Å². The van der Waals surface area contributed by atoms with Crippen molar-refractivity contribution in [3.05, 3.63) is 0 Å². The fraction of sp³-hybridized carbons (Fsp3) is 1.00. The first kappa shape index (κ1) is 16.4. The van der Waals surface area contributed by atoms with Crippen molar-refractivity contribution in [3.8, 4) is 0 Å². The highest BCUT2D eigenvalue weighted by Gasteiger charge is 2.40. The first-order valence-electron chi connectivity index (χ1n) is 9.49. The number of fused-ring (bicyclic) bond motifs is 1. The molecular weight excluding hydrogens is 240 g/mol. The SMILES string of the molecule is CCCC1C(CC)CCC2CCC(C)C(C)(C)CCC21. The lowest BCUT2D eigenvalue weighted by Crippen LogP contribution is -2.38. The van der Waals surface area contributed by atoms with Gasteiger partial charge >= 0.3 is 0 Å². The Morgan fingerprint density at radius 2 is 1.65 bits per heavy atom. The second kappa shape index (κ2) is 6.84. The molecule has 0 N–H and O–H groups in total. The molecule has 0 amide bonds. The third-order valence-corrected chi connectivity index (χ3v) is 7.24. The van der Waals surface area contributed by atoms with Gasteiger partial charge in [0.05, 0.1) is 0 Å². The third-order valence-electron chi connectivity index (χ3n) is 7.24. The van der Waals surface area contributed by atoms with Crippen LogP contribution in [-0.4, -0.2) is 0 Å². The molecular formula is C20H38. The van der Waals surface area contributed by atoms with Crippen LogP contribution in [0.25, 0.3) is 0 Å². The second-order valence-electron chi connectivity index (χ2n) is 8.63. The Morgan fingerprint density at radius 1 is 0.950 bits per heavy atom. The molecule has 0 heterocycles. The van der Waals surface area contributed by atoms with Crippen molar-refractivity contribution >= 4 is 0 Å². The molecule has 0 aliphatic heterocycles. The van der Waals surface area contributed by atoms with Crippen molar-refractivity contribution in [3.63, 3.8) is 0 Å². The molecule has 0 radical (unpaired) electrons. The molecule has 20 heavy (non-hydrogen) atoms. The zero-order valence-electron chi connectivity index (χ0n) is 14.8. The molecule has 118 valence electrons. The molecule has 2 aliphatic rings. The van der Waals surface area contributed by atoms with Crippen LogP contribution in [0.2, 0.25) is 0 Å². The smallest absolute Gasteiger partial charge is 0.0328 e. The molecule has 0 heteroatoms. The highest BCUT2D eigenvalue weighted by Crippen LogP contribution is 2.50. The number of rotatable bonds is 3. The van der Waals surface area contributed by atoms with Crippen molar-refractivity contribution in [2.75, 3.05) is 0 Å². The fourth-order valence-electron chi connectivity index (χ4n) is 5.29. The van der Waals surface area contributed by atoms with Crippen LogP contribution in [0.15, 0.2) is 0 Å². The van der Waals surface area contributed by atoms with Crippen molar-refractivity contribution in [1.82, 2.24) is 0 Å². The second-order valence-corrected chi connectivity index (χ2v) is 8.63. The van der Waals surface area contributed by atoms with E-state index in [2.05, 4.69) is 34.6 Å². The van der Waals surface area contributed by atoms with Gasteiger partial charge in [-0.05, 0) is 73.5 Å². The molecule has 5 unspecified atom stereocenters. The number of hydrogen-bond acceptors (Lipinski definition) is 0. The van der Waals surface area contributed by atoms with Crippen LogP contribution in [0, 0.1) is 35.0 Å². The molecule has 0 aromatic rings. The molecule has 2 aliphatic carbocycles. The van der Waals surface area contributed by atoms with E-state index < -0.39 is 0 Å². The Hall–Kier alpha value is 0. The third kappa shape index (κ3) is 3.42. The molecule has 0 nitrogen and oxygen atoms in total. The average Bonchev–Trinajstić information content (AvgIpc) is 2.42. The molecule has 0 bridgehead atoms. The molecule has 2 fully saturated rings. The minimum Gasteiger partial charge on any atom is -0.0654 e. The maximum atomic E-state index is 2.52. The van der Waals surface area contributed by atoms with Crippen LogP contribution in [-0.2, 0) is 0 Å². The quantitative estimate of drug-likeness (QED) is 0.539. The Balaban J connectivity index is 2.12. The van der Waals surface area contributed by atoms with E-state index in [1.54, 1.807) is 0 Å². The van der Waals surface area contributed by atoms with E-state index >= 15 is 0 Å². The minimum absolute atomic E-state index is 0.570. The van der Waals surface area contributed by atoms with Gasteiger partial charge in [-0.15, -0.1) is 0 Å². The molecule has 5 atom stereocenters. The van der Waals surface area contributed by atoms with Gasteiger partial charge in [0, 0.05) is 0 Å². The van der Waals surface area contributed by atoms with E-state index in [-0.39, 0.29) is 0 Å². The van der Waals surface area contributed by atoms with Gasteiger partial charge in [0.25, 0.3) is 0 Å². The van der Waals surface area contributed by atoms with Gasteiger partial charge in [0.1, 0.15) is 0 Å². The van der Waals surface area contributed by atoms with Crippen molar-refractivity contribution < 1.29 is 0 Å². The highest BCUT2D eigenvalue weighted by molar-refractivity contribution is 4.91. The molecule has 0 saturated heterocycles. The van der Waals surface area contributed by atoms with E-state index in [0.29, 0.717) is 5.41 Å². The van der Waals surface area contributed by atoms with Gasteiger partial charge in [0.2, 0.25) is 0 Å². The lowest BCUT2D eigenvalue weighted by atomic mass is 9.58. The summed E-state index contributed by atoms with van der Waals surface area (Å²) in [5, 5.41) is 0. The summed E-state index contributed by atoms with van der Waals surface area (Å²) in [6, 6.07) is 0. The predicted octanol–water partition coefficient (Wildman–Crippen LogP) is 6.69. The van der Waals surface area contributed by atoms with E-state index in [1.807, 2.05) is 0 Å². The average molecular weight is 279 g/mol. The Labute approximate surface area is 128 Å². The monoisotopic (exact) mass is 278 g/mol.